The van der Waals surface area contributed by atoms with Crippen LogP contribution in [0.4, 0.5) is 0 Å². The average Bonchev–Trinajstić information content (AvgIpc) is 2.25. The monoisotopic (exact) mass is 199 g/mol. The van der Waals surface area contributed by atoms with Crippen molar-refractivity contribution in [3.8, 4) is 0 Å². The summed E-state index contributed by atoms with van der Waals surface area (Å²) in [6.45, 7) is 5.55. The van der Waals surface area contributed by atoms with Crippen LogP contribution in [0.1, 0.15) is 51.9 Å². The van der Waals surface area contributed by atoms with Crippen LogP contribution in [-0.2, 0) is 4.74 Å². The summed E-state index contributed by atoms with van der Waals surface area (Å²) in [5.41, 5.74) is 0. The second kappa shape index (κ2) is 8.25. The Kier molecular flexibility index (Phi) is 7.06. The van der Waals surface area contributed by atoms with Crippen molar-refractivity contribution < 1.29 is 4.74 Å². The molecule has 1 aliphatic heterocycles. The van der Waals surface area contributed by atoms with E-state index in [0.717, 1.165) is 13.2 Å². The van der Waals surface area contributed by atoms with Gasteiger partial charge >= 0.3 is 0 Å². The third-order valence-corrected chi connectivity index (χ3v) is 2.87. The Labute approximate surface area is 88.4 Å². The summed E-state index contributed by atoms with van der Waals surface area (Å²) >= 11 is 0. The Bertz CT molecular complexity index is 121. The van der Waals surface area contributed by atoms with Crippen LogP contribution in [0.25, 0.3) is 0 Å². The third-order valence-electron chi connectivity index (χ3n) is 2.87. The molecular weight excluding hydrogens is 174 g/mol. The molecule has 0 saturated carbocycles. The van der Waals surface area contributed by atoms with Crippen LogP contribution in [0.2, 0.25) is 0 Å². The van der Waals surface area contributed by atoms with Gasteiger partial charge in [-0.3, -0.25) is 0 Å². The first-order chi connectivity index (χ1) is 6.93. The predicted octanol–water partition coefficient (Wildman–Crippen LogP) is 2.73. The summed E-state index contributed by atoms with van der Waals surface area (Å²) in [4.78, 5) is 0. The van der Waals surface area contributed by atoms with E-state index in [9.17, 15) is 0 Å². The molecule has 2 heteroatoms. The Hall–Kier alpha value is -0.0800. The van der Waals surface area contributed by atoms with E-state index >= 15 is 0 Å². The van der Waals surface area contributed by atoms with Gasteiger partial charge in [0.05, 0.1) is 6.10 Å². The standard InChI is InChI=1S/C12H25NO/c1-2-3-5-9-13-10-8-12-7-4-6-11-14-12/h12-13H,2-11H2,1H3. The lowest BCUT2D eigenvalue weighted by molar-refractivity contribution is 0.0116. The first-order valence-corrected chi connectivity index (χ1v) is 6.26. The van der Waals surface area contributed by atoms with Crippen LogP contribution in [0.5, 0.6) is 0 Å². The lowest BCUT2D eigenvalue weighted by atomic mass is 10.1. The Morgan fingerprint density at radius 3 is 2.86 bits per heavy atom. The highest BCUT2D eigenvalue weighted by Crippen LogP contribution is 2.14. The van der Waals surface area contributed by atoms with Gasteiger partial charge in [-0.05, 0) is 45.2 Å². The normalized spacial score (nSPS) is 22.5. The average molecular weight is 199 g/mol. The van der Waals surface area contributed by atoms with Crippen molar-refractivity contribution in [3.63, 3.8) is 0 Å². The van der Waals surface area contributed by atoms with E-state index in [2.05, 4.69) is 12.2 Å². The highest BCUT2D eigenvalue weighted by Gasteiger charge is 2.12. The van der Waals surface area contributed by atoms with Gasteiger partial charge in [-0.25, -0.2) is 0 Å². The summed E-state index contributed by atoms with van der Waals surface area (Å²) in [5.74, 6) is 0. The van der Waals surface area contributed by atoms with E-state index in [1.54, 1.807) is 0 Å². The van der Waals surface area contributed by atoms with E-state index in [-0.39, 0.29) is 0 Å². The summed E-state index contributed by atoms with van der Waals surface area (Å²) < 4.78 is 5.67. The van der Waals surface area contributed by atoms with Crippen molar-refractivity contribution in [3.05, 3.63) is 0 Å². The molecule has 2 nitrogen and oxygen atoms in total. The topological polar surface area (TPSA) is 21.3 Å². The molecule has 0 aromatic carbocycles. The Morgan fingerprint density at radius 1 is 1.21 bits per heavy atom. The highest BCUT2D eigenvalue weighted by molar-refractivity contribution is 4.64. The quantitative estimate of drug-likeness (QED) is 0.637. The second-order valence-electron chi connectivity index (χ2n) is 4.23. The SMILES string of the molecule is CCCCCNCCC1CCCCO1. The van der Waals surface area contributed by atoms with Gasteiger partial charge in [-0.2, -0.15) is 0 Å². The fourth-order valence-electron chi connectivity index (χ4n) is 1.92. The van der Waals surface area contributed by atoms with Gasteiger partial charge < -0.3 is 10.1 Å². The van der Waals surface area contributed by atoms with Crippen LogP contribution >= 0.6 is 0 Å². The third kappa shape index (κ3) is 5.61. The summed E-state index contributed by atoms with van der Waals surface area (Å²) in [7, 11) is 0. The van der Waals surface area contributed by atoms with Crippen LogP contribution in [-0.4, -0.2) is 25.8 Å². The molecule has 1 saturated heterocycles. The molecule has 1 fully saturated rings. The van der Waals surface area contributed by atoms with E-state index in [1.165, 1.54) is 51.5 Å². The van der Waals surface area contributed by atoms with Crippen molar-refractivity contribution in [1.82, 2.24) is 5.32 Å². The van der Waals surface area contributed by atoms with Crippen molar-refractivity contribution >= 4 is 0 Å². The lowest BCUT2D eigenvalue weighted by Gasteiger charge is -2.22. The number of unbranched alkanes of at least 4 members (excludes halogenated alkanes) is 2. The van der Waals surface area contributed by atoms with Gasteiger partial charge in [-0.15, -0.1) is 0 Å². The lowest BCUT2D eigenvalue weighted by Crippen LogP contribution is -2.25. The first kappa shape index (κ1) is 12.0. The molecule has 1 rings (SSSR count). The van der Waals surface area contributed by atoms with Crippen molar-refractivity contribution in [2.24, 2.45) is 0 Å². The van der Waals surface area contributed by atoms with Gasteiger partial charge in [0.1, 0.15) is 0 Å². The second-order valence-corrected chi connectivity index (χ2v) is 4.23. The molecule has 0 aromatic heterocycles. The highest BCUT2D eigenvalue weighted by atomic mass is 16.5. The van der Waals surface area contributed by atoms with E-state index in [1.807, 2.05) is 0 Å². The van der Waals surface area contributed by atoms with Gasteiger partial charge in [0, 0.05) is 6.61 Å². The molecule has 0 spiro atoms. The molecule has 1 unspecified atom stereocenters. The number of rotatable bonds is 7. The van der Waals surface area contributed by atoms with Gasteiger partial charge in [0.15, 0.2) is 0 Å². The number of ether oxygens (including phenoxy) is 1. The van der Waals surface area contributed by atoms with Gasteiger partial charge in [-0.1, -0.05) is 19.8 Å². The Morgan fingerprint density at radius 2 is 2.14 bits per heavy atom. The minimum Gasteiger partial charge on any atom is -0.378 e. The fraction of sp³-hybridized carbons (Fsp3) is 1.00. The zero-order chi connectivity index (χ0) is 10.1. The zero-order valence-electron chi connectivity index (χ0n) is 9.56. The minimum absolute atomic E-state index is 0.544. The maximum Gasteiger partial charge on any atom is 0.0587 e. The smallest absolute Gasteiger partial charge is 0.0587 e. The molecule has 0 aromatic rings. The fourth-order valence-corrected chi connectivity index (χ4v) is 1.92. The molecule has 1 N–H and O–H groups in total. The molecule has 0 bridgehead atoms. The number of hydrogen-bond donors (Lipinski definition) is 1. The molecule has 0 amide bonds. The van der Waals surface area contributed by atoms with Crippen molar-refractivity contribution in [1.29, 1.82) is 0 Å². The van der Waals surface area contributed by atoms with Crippen LogP contribution in [0.3, 0.4) is 0 Å². The zero-order valence-corrected chi connectivity index (χ0v) is 9.56. The summed E-state index contributed by atoms with van der Waals surface area (Å²) in [6, 6.07) is 0. The molecule has 1 aliphatic rings. The molecule has 1 atom stereocenters. The van der Waals surface area contributed by atoms with Crippen LogP contribution < -0.4 is 5.32 Å². The van der Waals surface area contributed by atoms with Crippen molar-refractivity contribution in [2.75, 3.05) is 19.7 Å². The maximum atomic E-state index is 5.67. The van der Waals surface area contributed by atoms with E-state index in [4.69, 9.17) is 4.74 Å². The number of nitrogens with one attached hydrogen (secondary N) is 1. The molecule has 84 valence electrons. The van der Waals surface area contributed by atoms with Crippen molar-refractivity contribution in [2.45, 2.75) is 58.0 Å². The minimum atomic E-state index is 0.544. The van der Waals surface area contributed by atoms with Gasteiger partial charge in [0.2, 0.25) is 0 Å². The molecule has 0 aliphatic carbocycles. The molecule has 14 heavy (non-hydrogen) atoms. The predicted molar refractivity (Wildman–Crippen MR) is 60.6 cm³/mol. The first-order valence-electron chi connectivity index (χ1n) is 6.26. The van der Waals surface area contributed by atoms with E-state index < -0.39 is 0 Å². The Balaban J connectivity index is 1.82. The molecular formula is C12H25NO. The van der Waals surface area contributed by atoms with E-state index in [0.29, 0.717) is 6.10 Å². The largest absolute Gasteiger partial charge is 0.378 e. The number of hydrogen-bond acceptors (Lipinski definition) is 2. The summed E-state index contributed by atoms with van der Waals surface area (Å²) in [6.07, 6.45) is 9.63. The molecule has 0 radical (unpaired) electrons. The maximum absolute atomic E-state index is 5.67. The summed E-state index contributed by atoms with van der Waals surface area (Å²) in [5, 5.41) is 3.49. The van der Waals surface area contributed by atoms with Gasteiger partial charge in [0.25, 0.3) is 0 Å². The molecule has 1 heterocycles. The van der Waals surface area contributed by atoms with Crippen LogP contribution in [0, 0.1) is 0 Å². The van der Waals surface area contributed by atoms with Crippen LogP contribution in [0.15, 0.2) is 0 Å².